The van der Waals surface area contributed by atoms with E-state index in [1.807, 2.05) is 26.0 Å². The van der Waals surface area contributed by atoms with Crippen molar-refractivity contribution in [2.45, 2.75) is 95.8 Å². The number of hydrogen-bond donors (Lipinski definition) is 4. The minimum absolute atomic E-state index is 0.0441. The van der Waals surface area contributed by atoms with Gasteiger partial charge in [0, 0.05) is 31.0 Å². The molecule has 3 heterocycles. The normalized spacial score (nSPS) is 24.2. The van der Waals surface area contributed by atoms with E-state index in [1.54, 1.807) is 17.0 Å². The number of esters is 1. The molecule has 12 nitrogen and oxygen atoms in total. The van der Waals surface area contributed by atoms with Gasteiger partial charge in [-0.3, -0.25) is 24.0 Å². The standard InChI is InChI=1S/C31H43N5O7/c1-4-19(2)27-31(41)35-16-10-9-14-25(35)30(40)32-22(12-6-8-15-26(37)43-3)28(38)33-23(29(39)34-27)17-20-18-36(42)24-13-7-5-11-21(20)24/h5,7,11,13,18-19,22-23,25,27,42H,4,6,8-10,12,14-17H2,1-3H3,(H,32,40)(H,33,38)(H,34,39)/t19-,22-,23-,25+,27-/m0/s1. The number of aromatic nitrogens is 1. The number of carbonyl (C=O) groups is 5. The maximum absolute atomic E-state index is 13.9. The molecule has 1 aromatic heterocycles. The number of ether oxygens (including phenoxy) is 1. The van der Waals surface area contributed by atoms with Crippen LogP contribution in [0.2, 0.25) is 0 Å². The number of piperidine rings is 1. The minimum atomic E-state index is -1.09. The Hall–Kier alpha value is -4.09. The van der Waals surface area contributed by atoms with E-state index in [1.165, 1.54) is 13.3 Å². The number of nitrogens with zero attached hydrogens (tertiary/aromatic N) is 2. The summed E-state index contributed by atoms with van der Waals surface area (Å²) >= 11 is 0. The number of para-hydroxylation sites is 1. The van der Waals surface area contributed by atoms with Crippen molar-refractivity contribution in [1.82, 2.24) is 25.6 Å². The number of nitrogens with one attached hydrogen (secondary N) is 3. The van der Waals surface area contributed by atoms with Gasteiger partial charge in [-0.1, -0.05) is 44.9 Å². The van der Waals surface area contributed by atoms with Gasteiger partial charge in [-0.05, 0) is 49.7 Å². The Balaban J connectivity index is 1.68. The zero-order valence-corrected chi connectivity index (χ0v) is 25.1. The lowest BCUT2D eigenvalue weighted by molar-refractivity contribution is -0.147. The fourth-order valence-corrected chi connectivity index (χ4v) is 5.94. The number of rotatable bonds is 9. The van der Waals surface area contributed by atoms with Gasteiger partial charge >= 0.3 is 5.97 Å². The monoisotopic (exact) mass is 597 g/mol. The Morgan fingerprint density at radius 2 is 1.74 bits per heavy atom. The third-order valence-corrected chi connectivity index (χ3v) is 8.68. The molecule has 0 radical (unpaired) electrons. The second-order valence-electron chi connectivity index (χ2n) is 11.6. The van der Waals surface area contributed by atoms with Gasteiger partial charge in [-0.2, -0.15) is 4.73 Å². The third kappa shape index (κ3) is 7.47. The van der Waals surface area contributed by atoms with Crippen LogP contribution in [0.25, 0.3) is 10.9 Å². The predicted molar refractivity (Wildman–Crippen MR) is 158 cm³/mol. The number of amides is 4. The highest BCUT2D eigenvalue weighted by molar-refractivity contribution is 5.98. The van der Waals surface area contributed by atoms with Crippen molar-refractivity contribution < 1.29 is 33.9 Å². The second-order valence-corrected chi connectivity index (χ2v) is 11.6. The first-order chi connectivity index (χ1) is 20.6. The molecule has 2 aromatic rings. The number of hydrogen-bond acceptors (Lipinski definition) is 7. The molecule has 4 rings (SSSR count). The molecule has 0 spiro atoms. The topological polar surface area (TPSA) is 159 Å². The van der Waals surface area contributed by atoms with Gasteiger partial charge in [0.15, 0.2) is 0 Å². The molecule has 0 unspecified atom stereocenters. The summed E-state index contributed by atoms with van der Waals surface area (Å²) in [5, 5.41) is 19.8. The van der Waals surface area contributed by atoms with Crippen molar-refractivity contribution in [3.05, 3.63) is 36.0 Å². The van der Waals surface area contributed by atoms with E-state index in [4.69, 9.17) is 4.74 Å². The number of fused-ring (bicyclic) bond motifs is 2. The van der Waals surface area contributed by atoms with Crippen LogP contribution in [0.4, 0.5) is 0 Å². The summed E-state index contributed by atoms with van der Waals surface area (Å²) in [4.78, 5) is 68.3. The maximum atomic E-state index is 13.9. The number of carbonyl (C=O) groups excluding carboxylic acids is 5. The largest absolute Gasteiger partial charge is 0.469 e. The Morgan fingerprint density at radius 3 is 2.49 bits per heavy atom. The highest BCUT2D eigenvalue weighted by atomic mass is 16.5. The molecule has 0 aliphatic carbocycles. The summed E-state index contributed by atoms with van der Waals surface area (Å²) in [6, 6.07) is 3.46. The molecule has 2 fully saturated rings. The molecule has 12 heteroatoms. The lowest BCUT2D eigenvalue weighted by Crippen LogP contribution is -2.64. The molecule has 5 atom stereocenters. The Bertz CT molecular complexity index is 1340. The zero-order valence-electron chi connectivity index (χ0n) is 25.1. The van der Waals surface area contributed by atoms with Gasteiger partial charge in [-0.25, -0.2) is 0 Å². The van der Waals surface area contributed by atoms with Crippen LogP contribution < -0.4 is 16.0 Å². The van der Waals surface area contributed by atoms with Crippen LogP contribution in [0.1, 0.15) is 70.8 Å². The Morgan fingerprint density at radius 1 is 1.02 bits per heavy atom. The quantitative estimate of drug-likeness (QED) is 0.196. The lowest BCUT2D eigenvalue weighted by Gasteiger charge is -2.39. The van der Waals surface area contributed by atoms with E-state index < -0.39 is 41.9 Å². The smallest absolute Gasteiger partial charge is 0.305 e. The second kappa shape index (κ2) is 14.4. The molecule has 2 aliphatic rings. The number of methoxy groups -OCH3 is 1. The first kappa shape index (κ1) is 31.8. The van der Waals surface area contributed by atoms with Crippen LogP contribution in [0.15, 0.2) is 30.5 Å². The van der Waals surface area contributed by atoms with Crippen LogP contribution in [0.5, 0.6) is 0 Å². The molecule has 4 N–H and O–H groups in total. The van der Waals surface area contributed by atoms with Crippen molar-refractivity contribution >= 4 is 40.5 Å². The van der Waals surface area contributed by atoms with Crippen LogP contribution in [0, 0.1) is 5.92 Å². The van der Waals surface area contributed by atoms with E-state index in [0.717, 1.165) is 23.0 Å². The lowest BCUT2D eigenvalue weighted by atomic mass is 9.93. The van der Waals surface area contributed by atoms with Crippen LogP contribution >= 0.6 is 0 Å². The van der Waals surface area contributed by atoms with Crippen LogP contribution in [-0.4, -0.2) is 82.3 Å². The minimum Gasteiger partial charge on any atom is -0.469 e. The van der Waals surface area contributed by atoms with Gasteiger partial charge in [-0.15, -0.1) is 0 Å². The fraction of sp³-hybridized carbons (Fsp3) is 0.581. The Kier molecular flexibility index (Phi) is 10.7. The zero-order chi connectivity index (χ0) is 31.1. The van der Waals surface area contributed by atoms with Gasteiger partial charge < -0.3 is 30.8 Å². The highest BCUT2D eigenvalue weighted by Gasteiger charge is 2.40. The van der Waals surface area contributed by atoms with E-state index in [2.05, 4.69) is 16.0 Å². The van der Waals surface area contributed by atoms with Crippen LogP contribution in [-0.2, 0) is 35.1 Å². The van der Waals surface area contributed by atoms with E-state index in [-0.39, 0.29) is 37.1 Å². The van der Waals surface area contributed by atoms with E-state index in [9.17, 15) is 29.2 Å². The van der Waals surface area contributed by atoms with E-state index >= 15 is 0 Å². The van der Waals surface area contributed by atoms with Gasteiger partial charge in [0.25, 0.3) is 0 Å². The van der Waals surface area contributed by atoms with Crippen molar-refractivity contribution in [2.24, 2.45) is 5.92 Å². The van der Waals surface area contributed by atoms with Crippen molar-refractivity contribution in [2.75, 3.05) is 13.7 Å². The summed E-state index contributed by atoms with van der Waals surface area (Å²) in [5.74, 6) is -2.35. The van der Waals surface area contributed by atoms with Gasteiger partial charge in [0.1, 0.15) is 24.2 Å². The molecule has 43 heavy (non-hydrogen) atoms. The van der Waals surface area contributed by atoms with Gasteiger partial charge in [0.2, 0.25) is 23.6 Å². The molecular formula is C31H43N5O7. The van der Waals surface area contributed by atoms with Crippen molar-refractivity contribution in [3.8, 4) is 0 Å². The molecule has 2 saturated heterocycles. The molecular weight excluding hydrogens is 554 g/mol. The SMILES string of the molecule is CC[C@H](C)[C@@H]1NC(=O)[C@H](Cc2cn(O)c3ccccc23)NC(=O)[C@H](CCCCC(=O)OC)NC(=O)[C@H]2CCCCN2C1=O. The predicted octanol–water partition coefficient (Wildman–Crippen LogP) is 2.05. The maximum Gasteiger partial charge on any atom is 0.305 e. The first-order valence-corrected chi connectivity index (χ1v) is 15.2. The van der Waals surface area contributed by atoms with Crippen molar-refractivity contribution in [1.29, 1.82) is 0 Å². The summed E-state index contributed by atoms with van der Waals surface area (Å²) in [5.41, 5.74) is 1.18. The molecule has 0 saturated carbocycles. The highest BCUT2D eigenvalue weighted by Crippen LogP contribution is 2.24. The average molecular weight is 598 g/mol. The number of benzene rings is 1. The summed E-state index contributed by atoms with van der Waals surface area (Å²) in [7, 11) is 1.31. The molecule has 234 valence electrons. The summed E-state index contributed by atoms with van der Waals surface area (Å²) in [6.45, 7) is 4.20. The molecule has 1 aromatic carbocycles. The molecule has 0 bridgehead atoms. The van der Waals surface area contributed by atoms with Crippen molar-refractivity contribution in [3.63, 3.8) is 0 Å². The third-order valence-electron chi connectivity index (χ3n) is 8.68. The van der Waals surface area contributed by atoms with E-state index in [0.29, 0.717) is 43.3 Å². The first-order valence-electron chi connectivity index (χ1n) is 15.2. The summed E-state index contributed by atoms with van der Waals surface area (Å²) in [6.07, 6.45) is 5.44. The Labute approximate surface area is 251 Å². The molecule has 4 amide bonds. The molecule has 2 aliphatic heterocycles. The van der Waals surface area contributed by atoms with Crippen LogP contribution in [0.3, 0.4) is 0 Å². The average Bonchev–Trinajstić information content (AvgIpc) is 3.33. The van der Waals surface area contributed by atoms with Gasteiger partial charge in [0.05, 0.1) is 12.6 Å². The summed E-state index contributed by atoms with van der Waals surface area (Å²) < 4.78 is 5.68. The number of unbranched alkanes of at least 4 members (excludes halogenated alkanes) is 1. The fourth-order valence-electron chi connectivity index (χ4n) is 5.94.